The number of carboxylic acid groups (broad SMARTS) is 1. The van der Waals surface area contributed by atoms with Gasteiger partial charge in [0.1, 0.15) is 30.8 Å². The van der Waals surface area contributed by atoms with Crippen molar-refractivity contribution in [2.45, 2.75) is 44.0 Å². The quantitative estimate of drug-likeness (QED) is 0.389. The first-order chi connectivity index (χ1) is 9.82. The third kappa shape index (κ3) is 5.29. The van der Waals surface area contributed by atoms with E-state index < -0.39 is 36.1 Å². The Kier molecular flexibility index (Phi) is 6.53. The van der Waals surface area contributed by atoms with E-state index in [0.29, 0.717) is 6.42 Å². The molecule has 1 rings (SSSR count). The van der Waals surface area contributed by atoms with E-state index in [1.807, 2.05) is 0 Å². The molecule has 0 amide bonds. The third-order valence-electron chi connectivity index (χ3n) is 3.15. The molecule has 9 heteroatoms. The second kappa shape index (κ2) is 7.91. The molecule has 0 radical (unpaired) electrons. The highest BCUT2D eigenvalue weighted by Gasteiger charge is 2.28. The van der Waals surface area contributed by atoms with Crippen molar-refractivity contribution >= 4 is 17.9 Å². The molecule has 6 N–H and O–H groups in total. The van der Waals surface area contributed by atoms with Gasteiger partial charge in [-0.1, -0.05) is 0 Å². The van der Waals surface area contributed by atoms with Crippen LogP contribution in [0.2, 0.25) is 0 Å². The topological polar surface area (TPSA) is 154 Å². The third-order valence-corrected chi connectivity index (χ3v) is 3.15. The molecule has 9 nitrogen and oxygen atoms in total. The van der Waals surface area contributed by atoms with E-state index in [1.54, 1.807) is 0 Å². The van der Waals surface area contributed by atoms with E-state index >= 15 is 0 Å². The molecule has 0 aromatic heterocycles. The summed E-state index contributed by atoms with van der Waals surface area (Å²) in [5.74, 6) is -2.62. The van der Waals surface area contributed by atoms with Gasteiger partial charge in [-0.3, -0.25) is 14.4 Å². The lowest BCUT2D eigenvalue weighted by atomic mass is 10.2. The molecule has 120 valence electrons. The van der Waals surface area contributed by atoms with Crippen molar-refractivity contribution in [2.75, 3.05) is 13.2 Å². The van der Waals surface area contributed by atoms with Crippen LogP contribution < -0.4 is 16.8 Å². The standard InChI is InChI=1S/C12H21N3O6/c1-6(9(14)10(16)17)21-11(18)7(13)5-20-12(19)8-3-2-4-15-8/h6-9,15H,2-5,13-14H2,1H3,(H,16,17)/t6-,7+,8+,9+/m1/s1. The second-order valence-corrected chi connectivity index (χ2v) is 4.89. The van der Waals surface area contributed by atoms with Crippen LogP contribution in [-0.4, -0.2) is 60.4 Å². The van der Waals surface area contributed by atoms with Crippen LogP contribution in [0, 0.1) is 0 Å². The van der Waals surface area contributed by atoms with E-state index in [4.69, 9.17) is 26.0 Å². The van der Waals surface area contributed by atoms with Gasteiger partial charge < -0.3 is 31.4 Å². The van der Waals surface area contributed by atoms with Gasteiger partial charge in [-0.05, 0) is 26.3 Å². The predicted molar refractivity (Wildman–Crippen MR) is 71.1 cm³/mol. The number of nitrogens with one attached hydrogen (secondary N) is 1. The average Bonchev–Trinajstić information content (AvgIpc) is 2.97. The summed E-state index contributed by atoms with van der Waals surface area (Å²) in [7, 11) is 0. The Morgan fingerprint density at radius 2 is 2.05 bits per heavy atom. The van der Waals surface area contributed by atoms with Crippen molar-refractivity contribution in [2.24, 2.45) is 11.5 Å². The molecule has 0 spiro atoms. The fourth-order valence-corrected chi connectivity index (χ4v) is 1.77. The van der Waals surface area contributed by atoms with Gasteiger partial charge in [-0.2, -0.15) is 0 Å². The average molecular weight is 303 g/mol. The fraction of sp³-hybridized carbons (Fsp3) is 0.750. The summed E-state index contributed by atoms with van der Waals surface area (Å²) in [6.45, 7) is 1.77. The molecule has 4 atom stereocenters. The Bertz CT molecular complexity index is 396. The Labute approximate surface area is 121 Å². The van der Waals surface area contributed by atoms with Gasteiger partial charge in [0.2, 0.25) is 0 Å². The Hall–Kier alpha value is -1.71. The lowest BCUT2D eigenvalue weighted by Gasteiger charge is -2.19. The van der Waals surface area contributed by atoms with Gasteiger partial charge in [0.25, 0.3) is 0 Å². The minimum Gasteiger partial charge on any atom is -0.480 e. The largest absolute Gasteiger partial charge is 0.480 e. The maximum Gasteiger partial charge on any atom is 0.326 e. The Balaban J connectivity index is 2.33. The van der Waals surface area contributed by atoms with Crippen LogP contribution >= 0.6 is 0 Å². The lowest BCUT2D eigenvalue weighted by molar-refractivity contribution is -0.157. The number of esters is 2. The maximum atomic E-state index is 11.6. The van der Waals surface area contributed by atoms with Crippen molar-refractivity contribution in [1.29, 1.82) is 0 Å². The molecule has 0 aromatic carbocycles. The Morgan fingerprint density at radius 1 is 1.38 bits per heavy atom. The summed E-state index contributed by atoms with van der Waals surface area (Å²) >= 11 is 0. The number of nitrogens with two attached hydrogens (primary N) is 2. The van der Waals surface area contributed by atoms with Gasteiger partial charge in [0, 0.05) is 0 Å². The minimum atomic E-state index is -1.34. The smallest absolute Gasteiger partial charge is 0.326 e. The van der Waals surface area contributed by atoms with E-state index in [-0.39, 0.29) is 12.6 Å². The van der Waals surface area contributed by atoms with Gasteiger partial charge in [0.15, 0.2) is 0 Å². The van der Waals surface area contributed by atoms with Gasteiger partial charge >= 0.3 is 17.9 Å². The summed E-state index contributed by atoms with van der Waals surface area (Å²) in [6.07, 6.45) is 0.537. The molecule has 1 aliphatic rings. The van der Waals surface area contributed by atoms with Crippen molar-refractivity contribution in [1.82, 2.24) is 5.32 Å². The van der Waals surface area contributed by atoms with Crippen molar-refractivity contribution in [3.05, 3.63) is 0 Å². The molecule has 0 saturated carbocycles. The Morgan fingerprint density at radius 3 is 2.57 bits per heavy atom. The molecular weight excluding hydrogens is 282 g/mol. The molecule has 1 heterocycles. The summed E-state index contributed by atoms with van der Waals surface area (Å²) in [6, 6.07) is -2.89. The van der Waals surface area contributed by atoms with E-state index in [0.717, 1.165) is 13.0 Å². The van der Waals surface area contributed by atoms with E-state index in [2.05, 4.69) is 5.32 Å². The number of ether oxygens (including phenoxy) is 2. The van der Waals surface area contributed by atoms with Crippen molar-refractivity contribution in [3.8, 4) is 0 Å². The molecule has 0 aromatic rings. The molecule has 0 bridgehead atoms. The van der Waals surface area contributed by atoms with Crippen LogP contribution in [0.3, 0.4) is 0 Å². The highest BCUT2D eigenvalue weighted by atomic mass is 16.6. The molecule has 1 saturated heterocycles. The minimum absolute atomic E-state index is 0.328. The van der Waals surface area contributed by atoms with Crippen molar-refractivity contribution in [3.63, 3.8) is 0 Å². The van der Waals surface area contributed by atoms with Crippen LogP contribution in [0.25, 0.3) is 0 Å². The number of carbonyl (C=O) groups excluding carboxylic acids is 2. The predicted octanol–water partition coefficient (Wildman–Crippen LogP) is -2.05. The van der Waals surface area contributed by atoms with Gasteiger partial charge in [-0.25, -0.2) is 0 Å². The van der Waals surface area contributed by atoms with Crippen LogP contribution in [0.4, 0.5) is 0 Å². The summed E-state index contributed by atoms with van der Waals surface area (Å²) in [5.41, 5.74) is 10.8. The van der Waals surface area contributed by atoms with Gasteiger partial charge in [-0.15, -0.1) is 0 Å². The molecule has 21 heavy (non-hydrogen) atoms. The zero-order valence-corrected chi connectivity index (χ0v) is 11.8. The lowest BCUT2D eigenvalue weighted by Crippen LogP contribution is -2.46. The van der Waals surface area contributed by atoms with Crippen LogP contribution in [0.1, 0.15) is 19.8 Å². The molecule has 0 aliphatic carbocycles. The summed E-state index contributed by atoms with van der Waals surface area (Å²) in [4.78, 5) is 33.8. The zero-order chi connectivity index (χ0) is 16.0. The van der Waals surface area contributed by atoms with E-state index in [9.17, 15) is 14.4 Å². The SMILES string of the molecule is C[C@@H](OC(=O)[C@@H](N)COC(=O)[C@@H]1CCCN1)[C@H](N)C(=O)O. The second-order valence-electron chi connectivity index (χ2n) is 4.89. The number of carbonyl (C=O) groups is 3. The highest BCUT2D eigenvalue weighted by molar-refractivity contribution is 5.79. The molecule has 1 aliphatic heterocycles. The highest BCUT2D eigenvalue weighted by Crippen LogP contribution is 2.07. The molecule has 0 unspecified atom stereocenters. The number of rotatable bonds is 7. The normalized spacial score (nSPS) is 22.1. The summed E-state index contributed by atoms with van der Waals surface area (Å²) < 4.78 is 9.74. The molecule has 1 fully saturated rings. The fourth-order valence-electron chi connectivity index (χ4n) is 1.77. The van der Waals surface area contributed by atoms with Crippen LogP contribution in [0.15, 0.2) is 0 Å². The number of aliphatic carboxylic acids is 1. The van der Waals surface area contributed by atoms with E-state index in [1.165, 1.54) is 6.92 Å². The van der Waals surface area contributed by atoms with Crippen molar-refractivity contribution < 1.29 is 29.0 Å². The summed E-state index contributed by atoms with van der Waals surface area (Å²) in [5, 5.41) is 11.6. The van der Waals surface area contributed by atoms with Crippen LogP contribution in [-0.2, 0) is 23.9 Å². The number of hydrogen-bond donors (Lipinski definition) is 4. The number of carboxylic acids is 1. The molecular formula is C12H21N3O6. The number of hydrogen-bond acceptors (Lipinski definition) is 8. The zero-order valence-electron chi connectivity index (χ0n) is 11.8. The first kappa shape index (κ1) is 17.3. The maximum absolute atomic E-state index is 11.6. The first-order valence-corrected chi connectivity index (χ1v) is 6.67. The first-order valence-electron chi connectivity index (χ1n) is 6.67. The van der Waals surface area contributed by atoms with Gasteiger partial charge in [0.05, 0.1) is 0 Å². The monoisotopic (exact) mass is 303 g/mol. The van der Waals surface area contributed by atoms with Crippen LogP contribution in [0.5, 0.6) is 0 Å².